The Morgan fingerprint density at radius 3 is 2.76 bits per heavy atom. The van der Waals surface area contributed by atoms with Crippen LogP contribution in [0.4, 0.5) is 5.69 Å². The van der Waals surface area contributed by atoms with Crippen LogP contribution in [0.2, 0.25) is 0 Å². The predicted octanol–water partition coefficient (Wildman–Crippen LogP) is 1.40. The minimum Gasteiger partial charge on any atom is -0.464 e. The Morgan fingerprint density at radius 2 is 2.18 bits per heavy atom. The van der Waals surface area contributed by atoms with Gasteiger partial charge in [-0.05, 0) is 13.0 Å². The molecule has 0 fully saturated rings. The average molecular weight is 238 g/mol. The van der Waals surface area contributed by atoms with Crippen molar-refractivity contribution in [3.8, 4) is 0 Å². The van der Waals surface area contributed by atoms with Crippen LogP contribution in [0.1, 0.15) is 18.6 Å². The molecule has 1 unspecified atom stereocenters. The highest BCUT2D eigenvalue weighted by molar-refractivity contribution is 5.79. The maximum absolute atomic E-state index is 11.4. The third kappa shape index (κ3) is 3.01. The summed E-state index contributed by atoms with van der Waals surface area (Å²) >= 11 is 0. The van der Waals surface area contributed by atoms with E-state index < -0.39 is 12.1 Å². The third-order valence-corrected chi connectivity index (χ3v) is 2.21. The van der Waals surface area contributed by atoms with Crippen LogP contribution >= 0.6 is 0 Å². The van der Waals surface area contributed by atoms with Crippen LogP contribution in [0.5, 0.6) is 0 Å². The summed E-state index contributed by atoms with van der Waals surface area (Å²) < 4.78 is 4.71. The van der Waals surface area contributed by atoms with Crippen LogP contribution in [-0.4, -0.2) is 24.7 Å². The minimum absolute atomic E-state index is 0.180. The van der Waals surface area contributed by atoms with Gasteiger partial charge in [0, 0.05) is 12.6 Å². The molecule has 92 valence electrons. The standard InChI is InChI=1S/C11H14N2O4/c1-3-17-11(15)10(14)8-6-4-5-7-9(8)13(2)12-16/h4-7,10,14H,3H2,1-2H3. The molecule has 6 heteroatoms. The number of nitroso groups, excluding NO2 is 1. The van der Waals surface area contributed by atoms with Gasteiger partial charge in [-0.1, -0.05) is 18.2 Å². The molecule has 0 spiro atoms. The number of para-hydroxylation sites is 1. The van der Waals surface area contributed by atoms with Crippen molar-refractivity contribution in [2.24, 2.45) is 5.29 Å². The number of hydrogen-bond acceptors (Lipinski definition) is 5. The van der Waals surface area contributed by atoms with Crippen LogP contribution in [0.25, 0.3) is 0 Å². The zero-order valence-electron chi connectivity index (χ0n) is 9.66. The number of hydrogen-bond donors (Lipinski definition) is 1. The van der Waals surface area contributed by atoms with Gasteiger partial charge in [-0.15, -0.1) is 4.91 Å². The van der Waals surface area contributed by atoms with Crippen LogP contribution < -0.4 is 5.01 Å². The van der Waals surface area contributed by atoms with E-state index in [1.54, 1.807) is 31.2 Å². The third-order valence-electron chi connectivity index (χ3n) is 2.21. The van der Waals surface area contributed by atoms with Crippen molar-refractivity contribution in [2.75, 3.05) is 18.7 Å². The first-order valence-electron chi connectivity index (χ1n) is 5.12. The zero-order valence-corrected chi connectivity index (χ0v) is 9.66. The van der Waals surface area contributed by atoms with E-state index in [9.17, 15) is 14.8 Å². The molecule has 0 bridgehead atoms. The molecule has 1 N–H and O–H groups in total. The Morgan fingerprint density at radius 1 is 1.53 bits per heavy atom. The molecule has 1 rings (SSSR count). The number of anilines is 1. The summed E-state index contributed by atoms with van der Waals surface area (Å²) in [5, 5.41) is 13.6. The van der Waals surface area contributed by atoms with Gasteiger partial charge in [-0.3, -0.25) is 0 Å². The van der Waals surface area contributed by atoms with Crippen LogP contribution in [0, 0.1) is 4.91 Å². The molecule has 6 nitrogen and oxygen atoms in total. The zero-order chi connectivity index (χ0) is 12.8. The van der Waals surface area contributed by atoms with Crippen molar-refractivity contribution in [1.82, 2.24) is 0 Å². The predicted molar refractivity (Wildman–Crippen MR) is 62.2 cm³/mol. The average Bonchev–Trinajstić information content (AvgIpc) is 2.37. The number of rotatable bonds is 5. The summed E-state index contributed by atoms with van der Waals surface area (Å²) in [6.07, 6.45) is -1.42. The fraction of sp³-hybridized carbons (Fsp3) is 0.364. The first-order chi connectivity index (χ1) is 8.11. The first-order valence-corrected chi connectivity index (χ1v) is 5.12. The van der Waals surface area contributed by atoms with Gasteiger partial charge in [0.25, 0.3) is 0 Å². The molecule has 0 aromatic heterocycles. The lowest BCUT2D eigenvalue weighted by Crippen LogP contribution is -2.19. The fourth-order valence-electron chi connectivity index (χ4n) is 1.41. The number of carbonyl (C=O) groups excluding carboxylic acids is 1. The SMILES string of the molecule is CCOC(=O)C(O)c1ccccc1N(C)N=O. The van der Waals surface area contributed by atoms with E-state index in [0.717, 1.165) is 5.01 Å². The van der Waals surface area contributed by atoms with E-state index in [0.29, 0.717) is 5.69 Å². The summed E-state index contributed by atoms with van der Waals surface area (Å²) in [5.41, 5.74) is 0.649. The van der Waals surface area contributed by atoms with E-state index in [1.165, 1.54) is 7.05 Å². The van der Waals surface area contributed by atoms with Crippen LogP contribution in [0.15, 0.2) is 29.6 Å². The van der Waals surface area contributed by atoms with E-state index in [4.69, 9.17) is 4.74 Å². The molecule has 17 heavy (non-hydrogen) atoms. The molecule has 0 amide bonds. The topological polar surface area (TPSA) is 79.2 Å². The van der Waals surface area contributed by atoms with E-state index in [-0.39, 0.29) is 12.2 Å². The molecule has 0 aliphatic carbocycles. The second-order valence-electron chi connectivity index (χ2n) is 3.32. The van der Waals surface area contributed by atoms with Gasteiger partial charge in [0.1, 0.15) is 0 Å². The Hall–Kier alpha value is -1.95. The molecule has 1 aromatic rings. The summed E-state index contributed by atoms with van der Waals surface area (Å²) in [5.74, 6) is -0.751. The lowest BCUT2D eigenvalue weighted by atomic mass is 10.1. The lowest BCUT2D eigenvalue weighted by molar-refractivity contribution is -0.153. The molecular weight excluding hydrogens is 224 g/mol. The smallest absolute Gasteiger partial charge is 0.339 e. The summed E-state index contributed by atoms with van der Waals surface area (Å²) in [4.78, 5) is 21.9. The highest BCUT2D eigenvalue weighted by Gasteiger charge is 2.22. The van der Waals surface area contributed by atoms with Crippen molar-refractivity contribution in [1.29, 1.82) is 0 Å². The second-order valence-corrected chi connectivity index (χ2v) is 3.32. The summed E-state index contributed by atoms with van der Waals surface area (Å²) in [7, 11) is 1.43. The van der Waals surface area contributed by atoms with Gasteiger partial charge in [0.2, 0.25) is 0 Å². The number of ether oxygens (including phenoxy) is 1. The minimum atomic E-state index is -1.42. The number of esters is 1. The number of aliphatic hydroxyl groups is 1. The van der Waals surface area contributed by atoms with Gasteiger partial charge in [0.15, 0.2) is 6.10 Å². The molecule has 0 heterocycles. The highest BCUT2D eigenvalue weighted by Crippen LogP contribution is 2.26. The van der Waals surface area contributed by atoms with Crippen molar-refractivity contribution < 1.29 is 14.6 Å². The molecule has 0 aliphatic heterocycles. The number of carbonyl (C=O) groups is 1. The molecule has 0 aliphatic rings. The van der Waals surface area contributed by atoms with Crippen molar-refractivity contribution in [3.63, 3.8) is 0 Å². The lowest BCUT2D eigenvalue weighted by Gasteiger charge is -2.17. The van der Waals surface area contributed by atoms with Crippen molar-refractivity contribution >= 4 is 11.7 Å². The molecule has 1 atom stereocenters. The Kier molecular flexibility index (Phi) is 4.59. The second kappa shape index (κ2) is 5.95. The largest absolute Gasteiger partial charge is 0.464 e. The number of nitrogens with zero attached hydrogens (tertiary/aromatic N) is 2. The molecule has 0 saturated carbocycles. The number of benzene rings is 1. The highest BCUT2D eigenvalue weighted by atomic mass is 16.5. The molecular formula is C11H14N2O4. The van der Waals surface area contributed by atoms with Gasteiger partial charge >= 0.3 is 5.97 Å². The van der Waals surface area contributed by atoms with E-state index in [2.05, 4.69) is 5.29 Å². The maximum Gasteiger partial charge on any atom is 0.339 e. The van der Waals surface area contributed by atoms with E-state index >= 15 is 0 Å². The maximum atomic E-state index is 11.4. The van der Waals surface area contributed by atoms with Gasteiger partial charge in [-0.25, -0.2) is 9.80 Å². The van der Waals surface area contributed by atoms with Gasteiger partial charge < -0.3 is 9.84 Å². The van der Waals surface area contributed by atoms with Gasteiger partial charge in [-0.2, -0.15) is 0 Å². The van der Waals surface area contributed by atoms with Gasteiger partial charge in [0.05, 0.1) is 17.6 Å². The quantitative estimate of drug-likeness (QED) is 0.476. The first kappa shape index (κ1) is 13.1. The normalized spacial score (nSPS) is 11.7. The van der Waals surface area contributed by atoms with Crippen LogP contribution in [-0.2, 0) is 9.53 Å². The number of aliphatic hydroxyl groups excluding tert-OH is 1. The Labute approximate surface area is 98.8 Å². The molecule has 0 saturated heterocycles. The van der Waals surface area contributed by atoms with Crippen LogP contribution in [0.3, 0.4) is 0 Å². The fourth-order valence-corrected chi connectivity index (χ4v) is 1.41. The monoisotopic (exact) mass is 238 g/mol. The summed E-state index contributed by atoms with van der Waals surface area (Å²) in [6, 6.07) is 6.45. The molecule has 1 aromatic carbocycles. The Balaban J connectivity index is 3.04. The van der Waals surface area contributed by atoms with Crippen molar-refractivity contribution in [2.45, 2.75) is 13.0 Å². The van der Waals surface area contributed by atoms with Crippen molar-refractivity contribution in [3.05, 3.63) is 34.7 Å². The van der Waals surface area contributed by atoms with E-state index in [1.807, 2.05) is 0 Å². The Bertz CT molecular complexity index is 408. The summed E-state index contributed by atoms with van der Waals surface area (Å²) in [6.45, 7) is 1.83. The molecule has 0 radical (unpaired) electrons.